The number of ether oxygens (including phenoxy) is 1. The number of hydrogen-bond donors (Lipinski definition) is 1. The first-order valence-corrected chi connectivity index (χ1v) is 6.76. The molecule has 4 nitrogen and oxygen atoms in total. The van der Waals surface area contributed by atoms with Crippen molar-refractivity contribution in [2.75, 3.05) is 11.9 Å². The van der Waals surface area contributed by atoms with Crippen molar-refractivity contribution < 1.29 is 4.74 Å². The van der Waals surface area contributed by atoms with Crippen LogP contribution >= 0.6 is 15.9 Å². The van der Waals surface area contributed by atoms with E-state index in [-0.39, 0.29) is 6.10 Å². The van der Waals surface area contributed by atoms with Crippen LogP contribution in [0.15, 0.2) is 10.8 Å². The lowest BCUT2D eigenvalue weighted by atomic mass is 10.1. The molecule has 0 radical (unpaired) electrons. The number of nitrogens with zero attached hydrogens (tertiary/aromatic N) is 2. The third kappa shape index (κ3) is 4.15. The monoisotopic (exact) mass is 301 g/mol. The zero-order chi connectivity index (χ0) is 12.8. The number of anilines is 1. The molecule has 1 aromatic heterocycles. The summed E-state index contributed by atoms with van der Waals surface area (Å²) >= 11 is 3.48. The maximum atomic E-state index is 5.79. The molecule has 1 aromatic rings. The molecular formula is C12H20BrN3O. The summed E-state index contributed by atoms with van der Waals surface area (Å²) in [4.78, 5) is 8.33. The fourth-order valence-electron chi connectivity index (χ4n) is 1.11. The summed E-state index contributed by atoms with van der Waals surface area (Å²) < 4.78 is 6.58. The van der Waals surface area contributed by atoms with E-state index in [4.69, 9.17) is 4.74 Å². The maximum absolute atomic E-state index is 5.79. The normalized spacial score (nSPS) is 12.6. The van der Waals surface area contributed by atoms with Gasteiger partial charge in [-0.05, 0) is 35.2 Å². The fourth-order valence-corrected chi connectivity index (χ4v) is 1.55. The topological polar surface area (TPSA) is 47.0 Å². The molecule has 1 atom stereocenters. The van der Waals surface area contributed by atoms with Crippen LogP contribution in [0.2, 0.25) is 0 Å². The first kappa shape index (κ1) is 14.2. The zero-order valence-electron chi connectivity index (χ0n) is 10.8. The van der Waals surface area contributed by atoms with Crippen molar-refractivity contribution in [1.29, 1.82) is 0 Å². The van der Waals surface area contributed by atoms with Gasteiger partial charge in [0.05, 0.1) is 6.10 Å². The maximum Gasteiger partial charge on any atom is 0.233 e. The molecule has 0 aliphatic rings. The first-order chi connectivity index (χ1) is 8.06. The molecule has 0 saturated heterocycles. The standard InChI is InChI=1S/C12H20BrN3O/c1-5-6-14-11-10(13)12(16-7-15-11)17-9(4)8(2)3/h7-9H,5-6H2,1-4H3,(H,14,15,16). The molecule has 0 amide bonds. The van der Waals surface area contributed by atoms with Crippen LogP contribution in [0.25, 0.3) is 0 Å². The van der Waals surface area contributed by atoms with E-state index in [9.17, 15) is 0 Å². The molecule has 0 aromatic carbocycles. The molecule has 0 fully saturated rings. The van der Waals surface area contributed by atoms with Gasteiger partial charge in [0.25, 0.3) is 0 Å². The van der Waals surface area contributed by atoms with Crippen LogP contribution in [-0.4, -0.2) is 22.6 Å². The van der Waals surface area contributed by atoms with Gasteiger partial charge in [0, 0.05) is 6.54 Å². The Morgan fingerprint density at radius 1 is 1.35 bits per heavy atom. The Bertz CT molecular complexity index is 358. The highest BCUT2D eigenvalue weighted by atomic mass is 79.9. The van der Waals surface area contributed by atoms with Crippen molar-refractivity contribution in [2.45, 2.75) is 40.2 Å². The minimum atomic E-state index is 0.125. The SMILES string of the molecule is CCCNc1ncnc(OC(C)C(C)C)c1Br. The minimum Gasteiger partial charge on any atom is -0.473 e. The van der Waals surface area contributed by atoms with E-state index in [0.717, 1.165) is 23.3 Å². The molecule has 1 unspecified atom stereocenters. The van der Waals surface area contributed by atoms with E-state index in [1.54, 1.807) is 0 Å². The molecule has 1 N–H and O–H groups in total. The average Bonchev–Trinajstić information content (AvgIpc) is 2.30. The van der Waals surface area contributed by atoms with E-state index in [1.807, 2.05) is 6.92 Å². The lowest BCUT2D eigenvalue weighted by molar-refractivity contribution is 0.162. The molecule has 0 saturated carbocycles. The molecule has 1 heterocycles. The van der Waals surface area contributed by atoms with Gasteiger partial charge < -0.3 is 10.1 Å². The van der Waals surface area contributed by atoms with Crippen molar-refractivity contribution in [1.82, 2.24) is 9.97 Å². The zero-order valence-corrected chi connectivity index (χ0v) is 12.4. The van der Waals surface area contributed by atoms with Crippen LogP contribution in [0, 0.1) is 5.92 Å². The highest BCUT2D eigenvalue weighted by molar-refractivity contribution is 9.10. The van der Waals surface area contributed by atoms with Gasteiger partial charge in [0.1, 0.15) is 16.6 Å². The molecular weight excluding hydrogens is 282 g/mol. The quantitative estimate of drug-likeness (QED) is 0.874. The summed E-state index contributed by atoms with van der Waals surface area (Å²) in [5.41, 5.74) is 0. The smallest absolute Gasteiger partial charge is 0.233 e. The van der Waals surface area contributed by atoms with Gasteiger partial charge in [-0.3, -0.25) is 0 Å². The third-order valence-corrected chi connectivity index (χ3v) is 3.25. The highest BCUT2D eigenvalue weighted by Gasteiger charge is 2.14. The molecule has 96 valence electrons. The Morgan fingerprint density at radius 2 is 2.06 bits per heavy atom. The number of hydrogen-bond acceptors (Lipinski definition) is 4. The van der Waals surface area contributed by atoms with Gasteiger partial charge in [0.15, 0.2) is 0 Å². The van der Waals surface area contributed by atoms with E-state index >= 15 is 0 Å². The molecule has 17 heavy (non-hydrogen) atoms. The van der Waals surface area contributed by atoms with Gasteiger partial charge in [0.2, 0.25) is 5.88 Å². The predicted molar refractivity (Wildman–Crippen MR) is 73.4 cm³/mol. The van der Waals surface area contributed by atoms with Crippen molar-refractivity contribution >= 4 is 21.7 Å². The Hall–Kier alpha value is -0.840. The van der Waals surface area contributed by atoms with Gasteiger partial charge in [-0.15, -0.1) is 0 Å². The molecule has 5 heteroatoms. The summed E-state index contributed by atoms with van der Waals surface area (Å²) in [5.74, 6) is 1.83. The molecule has 0 aliphatic heterocycles. The Kier molecular flexibility index (Phi) is 5.68. The summed E-state index contributed by atoms with van der Waals surface area (Å²) in [6, 6.07) is 0. The largest absolute Gasteiger partial charge is 0.473 e. The van der Waals surface area contributed by atoms with E-state index < -0.39 is 0 Å². The average molecular weight is 302 g/mol. The van der Waals surface area contributed by atoms with Crippen LogP contribution in [0.4, 0.5) is 5.82 Å². The Labute approximate surface area is 111 Å². The highest BCUT2D eigenvalue weighted by Crippen LogP contribution is 2.29. The van der Waals surface area contributed by atoms with Crippen LogP contribution < -0.4 is 10.1 Å². The van der Waals surface area contributed by atoms with Gasteiger partial charge in [-0.1, -0.05) is 20.8 Å². The number of nitrogens with one attached hydrogen (secondary N) is 1. The lowest BCUT2D eigenvalue weighted by Gasteiger charge is -2.18. The first-order valence-electron chi connectivity index (χ1n) is 5.97. The Balaban J connectivity index is 2.79. The molecule has 0 spiro atoms. The summed E-state index contributed by atoms with van der Waals surface area (Å²) in [6.45, 7) is 9.28. The van der Waals surface area contributed by atoms with Crippen LogP contribution in [0.1, 0.15) is 34.1 Å². The van der Waals surface area contributed by atoms with Gasteiger partial charge in [-0.25, -0.2) is 9.97 Å². The van der Waals surface area contributed by atoms with Crippen molar-refractivity contribution in [2.24, 2.45) is 5.92 Å². The second kappa shape index (κ2) is 6.79. The molecule has 0 bridgehead atoms. The van der Waals surface area contributed by atoms with Crippen LogP contribution in [-0.2, 0) is 0 Å². The predicted octanol–water partition coefficient (Wildman–Crippen LogP) is 3.48. The molecule has 0 aliphatic carbocycles. The van der Waals surface area contributed by atoms with Crippen molar-refractivity contribution in [3.05, 3.63) is 10.8 Å². The summed E-state index contributed by atoms with van der Waals surface area (Å²) in [5, 5.41) is 3.23. The fraction of sp³-hybridized carbons (Fsp3) is 0.667. The van der Waals surface area contributed by atoms with Crippen LogP contribution in [0.5, 0.6) is 5.88 Å². The van der Waals surface area contributed by atoms with Crippen molar-refractivity contribution in [3.8, 4) is 5.88 Å². The van der Waals surface area contributed by atoms with E-state index in [1.165, 1.54) is 6.33 Å². The van der Waals surface area contributed by atoms with Crippen molar-refractivity contribution in [3.63, 3.8) is 0 Å². The third-order valence-electron chi connectivity index (χ3n) is 2.54. The molecule has 1 rings (SSSR count). The Morgan fingerprint density at radius 3 is 2.65 bits per heavy atom. The number of rotatable bonds is 6. The van der Waals surface area contributed by atoms with Gasteiger partial charge >= 0.3 is 0 Å². The lowest BCUT2D eigenvalue weighted by Crippen LogP contribution is -2.19. The van der Waals surface area contributed by atoms with Gasteiger partial charge in [-0.2, -0.15) is 0 Å². The minimum absolute atomic E-state index is 0.125. The van der Waals surface area contributed by atoms with Crippen LogP contribution in [0.3, 0.4) is 0 Å². The summed E-state index contributed by atoms with van der Waals surface area (Å²) in [7, 11) is 0. The van der Waals surface area contributed by atoms with E-state index in [2.05, 4.69) is 52.0 Å². The number of aromatic nitrogens is 2. The number of halogens is 1. The second-order valence-electron chi connectivity index (χ2n) is 4.34. The summed E-state index contributed by atoms with van der Waals surface area (Å²) in [6.07, 6.45) is 2.69. The second-order valence-corrected chi connectivity index (χ2v) is 5.13. The van der Waals surface area contributed by atoms with E-state index in [0.29, 0.717) is 11.8 Å².